The van der Waals surface area contributed by atoms with E-state index in [9.17, 15) is 0 Å². The van der Waals surface area contributed by atoms with Crippen molar-refractivity contribution in [3.05, 3.63) is 29.8 Å². The summed E-state index contributed by atoms with van der Waals surface area (Å²) in [7, 11) is 3.87. The van der Waals surface area contributed by atoms with Crippen molar-refractivity contribution in [3.63, 3.8) is 0 Å². The minimum Gasteiger partial charge on any atom is -0.496 e. The molecule has 4 heteroatoms. The summed E-state index contributed by atoms with van der Waals surface area (Å²) >= 11 is 0. The molecule has 0 spiro atoms. The second kappa shape index (κ2) is 5.96. The number of nitrogens with zero attached hydrogens (tertiary/aromatic N) is 2. The SMILES string of the molecule is COc1ccccc1C1(CNC2=NCCCN2C)CCC1. The molecule has 0 radical (unpaired) electrons. The number of benzene rings is 1. The van der Waals surface area contributed by atoms with Crippen LogP contribution in [0.2, 0.25) is 0 Å². The number of methoxy groups -OCH3 is 1. The van der Waals surface area contributed by atoms with Gasteiger partial charge in [-0.2, -0.15) is 0 Å². The van der Waals surface area contributed by atoms with E-state index in [1.54, 1.807) is 7.11 Å². The Bertz CT molecular complexity index is 523. The molecule has 3 rings (SSSR count). The zero-order valence-electron chi connectivity index (χ0n) is 13.1. The van der Waals surface area contributed by atoms with Crippen molar-refractivity contribution in [2.45, 2.75) is 31.1 Å². The van der Waals surface area contributed by atoms with E-state index in [2.05, 4.69) is 40.5 Å². The molecule has 1 aliphatic heterocycles. The molecule has 0 atom stereocenters. The van der Waals surface area contributed by atoms with Gasteiger partial charge in [0.25, 0.3) is 0 Å². The minimum atomic E-state index is 0.202. The fourth-order valence-corrected chi connectivity index (χ4v) is 3.39. The summed E-state index contributed by atoms with van der Waals surface area (Å²) in [4.78, 5) is 6.83. The van der Waals surface area contributed by atoms with Crippen molar-refractivity contribution >= 4 is 5.96 Å². The number of ether oxygens (including phenoxy) is 1. The van der Waals surface area contributed by atoms with Crippen molar-refractivity contribution in [1.82, 2.24) is 10.2 Å². The van der Waals surface area contributed by atoms with Gasteiger partial charge in [0.15, 0.2) is 5.96 Å². The van der Waals surface area contributed by atoms with Gasteiger partial charge in [-0.1, -0.05) is 24.6 Å². The third-order valence-corrected chi connectivity index (χ3v) is 4.85. The first-order valence-corrected chi connectivity index (χ1v) is 7.88. The van der Waals surface area contributed by atoms with E-state index in [-0.39, 0.29) is 5.41 Å². The Labute approximate surface area is 127 Å². The van der Waals surface area contributed by atoms with Gasteiger partial charge in [-0.25, -0.2) is 0 Å². The lowest BCUT2D eigenvalue weighted by atomic mass is 9.64. The molecule has 0 aromatic heterocycles. The zero-order valence-corrected chi connectivity index (χ0v) is 13.1. The summed E-state index contributed by atoms with van der Waals surface area (Å²) < 4.78 is 5.57. The highest BCUT2D eigenvalue weighted by atomic mass is 16.5. The summed E-state index contributed by atoms with van der Waals surface area (Å²) in [5.74, 6) is 2.06. The summed E-state index contributed by atoms with van der Waals surface area (Å²) in [6.45, 7) is 2.97. The number of para-hydroxylation sites is 1. The fourth-order valence-electron chi connectivity index (χ4n) is 3.39. The molecule has 0 saturated heterocycles. The van der Waals surface area contributed by atoms with E-state index in [1.807, 2.05) is 6.07 Å². The van der Waals surface area contributed by atoms with Crippen LogP contribution < -0.4 is 10.1 Å². The van der Waals surface area contributed by atoms with Crippen LogP contribution in [0.25, 0.3) is 0 Å². The van der Waals surface area contributed by atoms with E-state index in [1.165, 1.54) is 24.8 Å². The molecule has 0 bridgehead atoms. The number of hydrogen-bond donors (Lipinski definition) is 1. The number of nitrogens with one attached hydrogen (secondary N) is 1. The predicted molar refractivity (Wildman–Crippen MR) is 86.1 cm³/mol. The monoisotopic (exact) mass is 287 g/mol. The molecule has 1 saturated carbocycles. The minimum absolute atomic E-state index is 0.202. The van der Waals surface area contributed by atoms with Gasteiger partial charge < -0.3 is 15.0 Å². The lowest BCUT2D eigenvalue weighted by molar-refractivity contribution is 0.232. The smallest absolute Gasteiger partial charge is 0.193 e. The van der Waals surface area contributed by atoms with Crippen LogP contribution in [0.15, 0.2) is 29.3 Å². The van der Waals surface area contributed by atoms with Crippen LogP contribution in [-0.4, -0.2) is 44.7 Å². The molecule has 2 aliphatic rings. The molecular formula is C17H25N3O. The van der Waals surface area contributed by atoms with Gasteiger partial charge in [0.05, 0.1) is 7.11 Å². The van der Waals surface area contributed by atoms with Gasteiger partial charge in [-0.05, 0) is 25.3 Å². The van der Waals surface area contributed by atoms with Crippen LogP contribution in [0.1, 0.15) is 31.2 Å². The Kier molecular flexibility index (Phi) is 4.04. The Balaban J connectivity index is 1.76. The Hall–Kier alpha value is -1.71. The maximum absolute atomic E-state index is 5.57. The molecule has 4 nitrogen and oxygen atoms in total. The van der Waals surface area contributed by atoms with Crippen molar-refractivity contribution in [3.8, 4) is 5.75 Å². The van der Waals surface area contributed by atoms with Crippen LogP contribution in [0.3, 0.4) is 0 Å². The standard InChI is InChI=1S/C17H25N3O/c1-20-12-6-11-18-16(20)19-13-17(9-5-10-17)14-7-3-4-8-15(14)21-2/h3-4,7-8H,5-6,9-13H2,1-2H3,(H,18,19). The second-order valence-electron chi connectivity index (χ2n) is 6.17. The summed E-state index contributed by atoms with van der Waals surface area (Å²) in [6, 6.07) is 8.44. The topological polar surface area (TPSA) is 36.9 Å². The van der Waals surface area contributed by atoms with Crippen molar-refractivity contribution in [1.29, 1.82) is 0 Å². The van der Waals surface area contributed by atoms with Gasteiger partial charge in [-0.3, -0.25) is 4.99 Å². The van der Waals surface area contributed by atoms with Crippen molar-refractivity contribution in [2.24, 2.45) is 4.99 Å². The lowest BCUT2D eigenvalue weighted by Gasteiger charge is -2.44. The summed E-state index contributed by atoms with van der Waals surface area (Å²) in [5, 5.41) is 3.58. The molecule has 0 amide bonds. The average molecular weight is 287 g/mol. The van der Waals surface area contributed by atoms with Gasteiger partial charge in [0, 0.05) is 37.7 Å². The molecule has 1 aromatic carbocycles. The van der Waals surface area contributed by atoms with E-state index in [0.717, 1.165) is 37.8 Å². The third kappa shape index (κ3) is 2.71. The number of rotatable bonds is 4. The number of guanidine groups is 1. The van der Waals surface area contributed by atoms with Crippen LogP contribution in [0.4, 0.5) is 0 Å². The Morgan fingerprint density at radius 3 is 2.76 bits per heavy atom. The maximum atomic E-state index is 5.57. The van der Waals surface area contributed by atoms with E-state index < -0.39 is 0 Å². The molecule has 0 unspecified atom stereocenters. The lowest BCUT2D eigenvalue weighted by Crippen LogP contribution is -2.50. The maximum Gasteiger partial charge on any atom is 0.193 e. The second-order valence-corrected chi connectivity index (χ2v) is 6.17. The van der Waals surface area contributed by atoms with Crippen LogP contribution in [0.5, 0.6) is 5.75 Å². The summed E-state index contributed by atoms with van der Waals surface area (Å²) in [6.07, 6.45) is 4.89. The molecule has 1 aliphatic carbocycles. The van der Waals surface area contributed by atoms with Gasteiger partial charge >= 0.3 is 0 Å². The van der Waals surface area contributed by atoms with E-state index in [0.29, 0.717) is 0 Å². The average Bonchev–Trinajstić information content (AvgIpc) is 2.48. The molecule has 21 heavy (non-hydrogen) atoms. The Morgan fingerprint density at radius 1 is 1.29 bits per heavy atom. The zero-order chi connectivity index (χ0) is 14.7. The molecular weight excluding hydrogens is 262 g/mol. The van der Waals surface area contributed by atoms with Gasteiger partial charge in [0.2, 0.25) is 0 Å². The molecule has 1 fully saturated rings. The predicted octanol–water partition coefficient (Wildman–Crippen LogP) is 2.40. The third-order valence-electron chi connectivity index (χ3n) is 4.85. The quantitative estimate of drug-likeness (QED) is 0.924. The Morgan fingerprint density at radius 2 is 2.10 bits per heavy atom. The van der Waals surface area contributed by atoms with E-state index in [4.69, 9.17) is 4.74 Å². The summed E-state index contributed by atoms with van der Waals surface area (Å²) in [5.41, 5.74) is 1.54. The largest absolute Gasteiger partial charge is 0.496 e. The highest BCUT2D eigenvalue weighted by Gasteiger charge is 2.40. The molecule has 1 aromatic rings. The van der Waals surface area contributed by atoms with Gasteiger partial charge in [0.1, 0.15) is 5.75 Å². The first kappa shape index (κ1) is 14.2. The van der Waals surface area contributed by atoms with Crippen molar-refractivity contribution < 1.29 is 4.74 Å². The molecule has 114 valence electrons. The van der Waals surface area contributed by atoms with Crippen molar-refractivity contribution in [2.75, 3.05) is 33.8 Å². The van der Waals surface area contributed by atoms with Crippen LogP contribution >= 0.6 is 0 Å². The molecule has 1 heterocycles. The first-order chi connectivity index (χ1) is 10.2. The van der Waals surface area contributed by atoms with Gasteiger partial charge in [-0.15, -0.1) is 0 Å². The fraction of sp³-hybridized carbons (Fsp3) is 0.588. The first-order valence-electron chi connectivity index (χ1n) is 7.88. The normalized spacial score (nSPS) is 20.5. The number of aliphatic imine (C=N–C) groups is 1. The van der Waals surface area contributed by atoms with Crippen LogP contribution in [0, 0.1) is 0 Å². The highest BCUT2D eigenvalue weighted by molar-refractivity contribution is 5.80. The molecule has 1 N–H and O–H groups in total. The van der Waals surface area contributed by atoms with E-state index >= 15 is 0 Å². The number of hydrogen-bond acceptors (Lipinski definition) is 4. The van der Waals surface area contributed by atoms with Crippen LogP contribution in [-0.2, 0) is 5.41 Å². The highest BCUT2D eigenvalue weighted by Crippen LogP contribution is 2.46.